The largest absolute Gasteiger partial charge is 2.00 e. The fourth-order valence-corrected chi connectivity index (χ4v) is 0. The number of rotatable bonds is 0. The fourth-order valence-electron chi connectivity index (χ4n) is 0. The van der Waals surface area contributed by atoms with E-state index < -0.39 is 0 Å². The van der Waals surface area contributed by atoms with Crippen molar-refractivity contribution in [2.24, 2.45) is 0 Å². The molecule has 0 saturated heterocycles. The van der Waals surface area contributed by atoms with Crippen molar-refractivity contribution in [3.8, 4) is 0 Å². The van der Waals surface area contributed by atoms with Gasteiger partial charge in [-0.15, -0.1) is 0 Å². The summed E-state index contributed by atoms with van der Waals surface area (Å²) in [4.78, 5) is 0. The minimum atomic E-state index is 0. The molecule has 5 heavy (non-hydrogen) atoms. The van der Waals surface area contributed by atoms with Crippen LogP contribution in [0.4, 0.5) is 0 Å². The van der Waals surface area contributed by atoms with E-state index in [9.17, 15) is 0 Å². The van der Waals surface area contributed by atoms with Crippen LogP contribution in [0.15, 0.2) is 0 Å². The van der Waals surface area contributed by atoms with Crippen LogP contribution in [-0.4, -0.2) is 85.9 Å². The van der Waals surface area contributed by atoms with Gasteiger partial charge < -0.3 is 5.71 Å². The van der Waals surface area contributed by atoms with Gasteiger partial charge in [0.05, 0.1) is 0 Å². The monoisotopic (exact) mass is 253 g/mol. The van der Waals surface area contributed by atoms with Crippen molar-refractivity contribution in [3.05, 3.63) is 0 Å². The molecule has 0 spiro atoms. The van der Waals surface area contributed by atoms with Crippen molar-refractivity contribution in [1.29, 1.82) is 0 Å². The zero-order valence-electron chi connectivity index (χ0n) is 6.20. The Balaban J connectivity index is 0. The van der Waals surface area contributed by atoms with Gasteiger partial charge in [0.25, 0.3) is 0 Å². The maximum absolute atomic E-state index is 0. The second-order valence-corrected chi connectivity index (χ2v) is 0. The molecule has 0 aromatic carbocycles. The third-order valence-corrected chi connectivity index (χ3v) is 0. The van der Waals surface area contributed by atoms with E-state index in [1.54, 1.807) is 0 Å². The van der Waals surface area contributed by atoms with E-state index in [4.69, 9.17) is 0 Å². The third kappa shape index (κ3) is 18.1. The Labute approximate surface area is 123 Å². The van der Waals surface area contributed by atoms with Gasteiger partial charge in [-0.25, -0.2) is 0 Å². The van der Waals surface area contributed by atoms with Gasteiger partial charge in [0.1, 0.15) is 0 Å². The van der Waals surface area contributed by atoms with E-state index in [0.717, 1.165) is 0 Å². The molecule has 0 bridgehead atoms. The zero-order chi connectivity index (χ0) is 0. The van der Waals surface area contributed by atoms with Crippen molar-refractivity contribution >= 4 is 85.9 Å². The Morgan fingerprint density at radius 2 is 1.20 bits per heavy atom. The first-order valence-electron chi connectivity index (χ1n) is 0. The van der Waals surface area contributed by atoms with Gasteiger partial charge >= 0.3 is 68.5 Å². The maximum atomic E-state index is 0. The molecule has 5 heteroatoms. The van der Waals surface area contributed by atoms with Crippen LogP contribution in [0.3, 0.4) is 0 Å². The van der Waals surface area contributed by atoms with Gasteiger partial charge in [0, 0.05) is 34.4 Å². The molecule has 1 radical (unpaired) electrons. The quantitative estimate of drug-likeness (QED) is 0.461. The number of hydrogen-bond donors (Lipinski definition) is 0. The second-order valence-electron chi connectivity index (χ2n) is 0. The predicted octanol–water partition coefficient (Wildman–Crippen LogP) is -1.50. The maximum Gasteiger partial charge on any atom is 2.00 e. The first-order chi connectivity index (χ1) is 0. The molecule has 0 heterocycles. The Kier molecular flexibility index (Phi) is 184. The van der Waals surface area contributed by atoms with E-state index in [1.165, 1.54) is 0 Å². The van der Waals surface area contributed by atoms with Crippen LogP contribution in [0.2, 0.25) is 0 Å². The van der Waals surface area contributed by atoms with Crippen LogP contribution in [0.25, 0.3) is 0 Å². The summed E-state index contributed by atoms with van der Waals surface area (Å²) in [5.41, 5.74) is 0. The van der Waals surface area contributed by atoms with Gasteiger partial charge in [0.2, 0.25) is 0 Å². The van der Waals surface area contributed by atoms with Crippen LogP contribution in [-0.2, 0) is 34.4 Å². The van der Waals surface area contributed by atoms with E-state index >= 15 is 0 Å². The molecule has 0 aliphatic carbocycles. The van der Waals surface area contributed by atoms with Gasteiger partial charge in [-0.3, -0.25) is 0 Å². The van der Waals surface area contributed by atoms with Crippen molar-refractivity contribution in [1.82, 2.24) is 0 Å². The number of hydrogen-bond acceptors (Lipinski definition) is 0. The third-order valence-electron chi connectivity index (χ3n) is 0. The minimum Gasteiger partial charge on any atom is -1.00 e. The van der Waals surface area contributed by atoms with Crippen LogP contribution < -0.4 is 0 Å². The summed E-state index contributed by atoms with van der Waals surface area (Å²) in [6.07, 6.45) is 0. The summed E-state index contributed by atoms with van der Waals surface area (Å²) in [5, 5.41) is 0. The zero-order valence-corrected chi connectivity index (χ0v) is 9.55. The molecule has 0 aliphatic heterocycles. The fraction of sp³-hybridized carbons (Fsp3) is 0. The Hall–Kier alpha value is 3.83. The standard InChI is InChI=1S/Al.Cr.Mg.Mn.Sr.7H/q;;+2;;+2;;;;4*-1. The summed E-state index contributed by atoms with van der Waals surface area (Å²) in [6.45, 7) is 0. The summed E-state index contributed by atoms with van der Waals surface area (Å²) in [6, 6.07) is 0. The van der Waals surface area contributed by atoms with Crippen LogP contribution in [0.5, 0.6) is 0 Å². The normalized spacial score (nSPS) is 0. The van der Waals surface area contributed by atoms with E-state index in [2.05, 4.69) is 0 Å². The summed E-state index contributed by atoms with van der Waals surface area (Å²) < 4.78 is 0. The summed E-state index contributed by atoms with van der Waals surface area (Å²) in [7, 11) is 0. The van der Waals surface area contributed by atoms with Crippen LogP contribution in [0, 0.1) is 0 Å². The Morgan fingerprint density at radius 3 is 1.20 bits per heavy atom. The Morgan fingerprint density at radius 1 is 1.20 bits per heavy atom. The average molecular weight is 253 g/mol. The molecular formula is H7AlCrMgMnSr. The van der Waals surface area contributed by atoms with Crippen LogP contribution >= 0.6 is 0 Å². The van der Waals surface area contributed by atoms with E-state index in [0.29, 0.717) is 0 Å². The molecule has 0 N–H and O–H groups in total. The molecule has 0 unspecified atom stereocenters. The average Bonchev–Trinajstić information content (AvgIpc) is 0. The van der Waals surface area contributed by atoms with Crippen molar-refractivity contribution in [3.63, 3.8) is 0 Å². The van der Waals surface area contributed by atoms with Crippen molar-refractivity contribution in [2.45, 2.75) is 0 Å². The van der Waals surface area contributed by atoms with Gasteiger partial charge in [-0.2, -0.15) is 0 Å². The molecule has 0 aliphatic rings. The topological polar surface area (TPSA) is 0 Å². The van der Waals surface area contributed by atoms with E-state index in [-0.39, 0.29) is 126 Å². The SMILES string of the molecule is [AlH3].[Cr].[H-].[H-].[H-].[H-].[Mg+2].[Mn].[Sr+2]. The molecule has 0 amide bonds. The van der Waals surface area contributed by atoms with Crippen molar-refractivity contribution < 1.29 is 40.1 Å². The minimum absolute atomic E-state index is 0. The molecular weight excluding hydrogens is 246 g/mol. The smallest absolute Gasteiger partial charge is 1.00 e. The molecule has 27 valence electrons. The molecule has 0 fully saturated rings. The first-order valence-corrected chi connectivity index (χ1v) is 0. The molecule has 0 atom stereocenters. The van der Waals surface area contributed by atoms with Gasteiger partial charge in [0.15, 0.2) is 17.4 Å². The van der Waals surface area contributed by atoms with Gasteiger partial charge in [-0.1, -0.05) is 0 Å². The van der Waals surface area contributed by atoms with E-state index in [1.807, 2.05) is 0 Å². The molecule has 0 aromatic rings. The molecule has 0 nitrogen and oxygen atoms in total. The van der Waals surface area contributed by atoms with Gasteiger partial charge in [-0.05, 0) is 0 Å². The molecule has 0 aromatic heterocycles. The van der Waals surface area contributed by atoms with Crippen molar-refractivity contribution in [2.75, 3.05) is 0 Å². The Bertz CT molecular complexity index is 20.5. The van der Waals surface area contributed by atoms with Crippen LogP contribution in [0.1, 0.15) is 5.71 Å². The first kappa shape index (κ1) is 36.9. The summed E-state index contributed by atoms with van der Waals surface area (Å²) >= 11 is 0. The molecule has 0 rings (SSSR count). The predicted molar refractivity (Wildman–Crippen MR) is 25.9 cm³/mol. The molecule has 0 saturated carbocycles. The summed E-state index contributed by atoms with van der Waals surface area (Å²) in [5.74, 6) is 0. The second kappa shape index (κ2) is 24.9.